The van der Waals surface area contributed by atoms with Gasteiger partial charge in [0.1, 0.15) is 28.7 Å². The Morgan fingerprint density at radius 2 is 1.68 bits per heavy atom. The van der Waals surface area contributed by atoms with Gasteiger partial charge in [-0.3, -0.25) is 14.4 Å². The largest absolute Gasteiger partial charge is 0.464 e. The highest BCUT2D eigenvalue weighted by atomic mass is 35.5. The lowest BCUT2D eigenvalue weighted by atomic mass is 9.84. The predicted molar refractivity (Wildman–Crippen MR) is 131 cm³/mol. The first-order valence-electron chi connectivity index (χ1n) is 10.9. The van der Waals surface area contributed by atoms with Crippen LogP contribution in [0.25, 0.3) is 0 Å². The monoisotopic (exact) mass is 487 g/mol. The number of halogens is 2. The molecule has 1 aliphatic heterocycles. The van der Waals surface area contributed by atoms with Crippen LogP contribution in [-0.2, 0) is 5.54 Å². The van der Waals surface area contributed by atoms with Crippen molar-refractivity contribution >= 4 is 34.6 Å². The smallest absolute Gasteiger partial charge is 0.254 e. The van der Waals surface area contributed by atoms with Crippen molar-refractivity contribution in [3.8, 4) is 0 Å². The van der Waals surface area contributed by atoms with Crippen molar-refractivity contribution in [2.45, 2.75) is 60.0 Å². The molecule has 2 aromatic carbocycles. The molecule has 0 fully saturated rings. The molecule has 4 rings (SSSR count). The summed E-state index contributed by atoms with van der Waals surface area (Å²) in [6.07, 6.45) is 0. The Morgan fingerprint density at radius 1 is 1.06 bits per heavy atom. The Hall–Kier alpha value is -3.13. The van der Waals surface area contributed by atoms with Gasteiger partial charge in [-0.15, -0.1) is 0 Å². The first-order chi connectivity index (χ1) is 15.6. The summed E-state index contributed by atoms with van der Waals surface area (Å²) in [5.41, 5.74) is -1.66. The van der Waals surface area contributed by atoms with E-state index in [4.69, 9.17) is 16.0 Å². The van der Waals surface area contributed by atoms with Crippen LogP contribution in [0.4, 0.5) is 21.5 Å². The predicted octanol–water partition coefficient (Wildman–Crippen LogP) is 5.21. The third kappa shape index (κ3) is 3.70. The summed E-state index contributed by atoms with van der Waals surface area (Å²) in [5.74, 6) is 0.0365. The summed E-state index contributed by atoms with van der Waals surface area (Å²) < 4.78 is 20.9. The van der Waals surface area contributed by atoms with E-state index in [2.05, 4.69) is 16.0 Å². The molecule has 34 heavy (non-hydrogen) atoms. The number of rotatable bonds is 5. The third-order valence-corrected chi connectivity index (χ3v) is 6.59. The van der Waals surface area contributed by atoms with Crippen molar-refractivity contribution in [1.82, 2.24) is 5.32 Å². The van der Waals surface area contributed by atoms with E-state index in [1.54, 1.807) is 13.8 Å². The first-order valence-corrected chi connectivity index (χ1v) is 11.3. The van der Waals surface area contributed by atoms with Crippen LogP contribution in [0.15, 0.2) is 26.1 Å². The van der Waals surface area contributed by atoms with Crippen LogP contribution in [0.1, 0.15) is 73.7 Å². The van der Waals surface area contributed by atoms with Crippen LogP contribution >= 0.6 is 11.6 Å². The summed E-state index contributed by atoms with van der Waals surface area (Å²) in [6, 6.07) is 2.52. The Labute approximate surface area is 201 Å². The van der Waals surface area contributed by atoms with Crippen molar-refractivity contribution in [1.29, 1.82) is 0 Å². The molecule has 0 aliphatic carbocycles. The van der Waals surface area contributed by atoms with Gasteiger partial charge in [-0.05, 0) is 50.8 Å². The highest BCUT2D eigenvalue weighted by Crippen LogP contribution is 2.43. The zero-order chi connectivity index (χ0) is 25.3. The number of carbonyl (C=O) groups excluding carboxylic acids is 1. The highest BCUT2D eigenvalue weighted by molar-refractivity contribution is 6.32. The Bertz CT molecular complexity index is 1390. The van der Waals surface area contributed by atoms with E-state index in [0.717, 1.165) is 17.4 Å². The SMILES string of the molecule is Cc1cc(C(Nc2c(Nc3c(F)cc(Cl)c4c3C(=O)NC4(C)C)c(=O)c2=O)C(C)(C)C)oc1C. The molecule has 1 atom stereocenters. The highest BCUT2D eigenvalue weighted by Gasteiger charge is 2.41. The molecule has 0 spiro atoms. The molecular weight excluding hydrogens is 461 g/mol. The summed E-state index contributed by atoms with van der Waals surface area (Å²) in [4.78, 5) is 37.7. The van der Waals surface area contributed by atoms with Gasteiger partial charge in [0.25, 0.3) is 16.8 Å². The van der Waals surface area contributed by atoms with Gasteiger partial charge < -0.3 is 20.4 Å². The lowest BCUT2D eigenvalue weighted by Crippen LogP contribution is -2.39. The molecule has 3 aromatic rings. The van der Waals surface area contributed by atoms with Gasteiger partial charge in [-0.25, -0.2) is 4.39 Å². The van der Waals surface area contributed by atoms with Gasteiger partial charge >= 0.3 is 0 Å². The van der Waals surface area contributed by atoms with Crippen molar-refractivity contribution < 1.29 is 13.6 Å². The Kier molecular flexibility index (Phi) is 5.44. The molecular formula is C25H27ClFN3O4. The van der Waals surface area contributed by atoms with E-state index in [1.165, 1.54) is 0 Å². The van der Waals surface area contributed by atoms with Gasteiger partial charge in [0.15, 0.2) is 0 Å². The molecule has 0 radical (unpaired) electrons. The minimum absolute atomic E-state index is 0.0115. The van der Waals surface area contributed by atoms with Crippen LogP contribution in [-0.4, -0.2) is 5.91 Å². The van der Waals surface area contributed by atoms with Crippen molar-refractivity contribution in [3.63, 3.8) is 0 Å². The fraction of sp³-hybridized carbons (Fsp3) is 0.400. The van der Waals surface area contributed by atoms with Gasteiger partial charge in [-0.1, -0.05) is 32.4 Å². The maximum atomic E-state index is 15.0. The molecule has 180 valence electrons. The summed E-state index contributed by atoms with van der Waals surface area (Å²) in [6.45, 7) is 13.2. The summed E-state index contributed by atoms with van der Waals surface area (Å²) in [7, 11) is 0. The number of benzene rings is 1. The van der Waals surface area contributed by atoms with E-state index in [-0.39, 0.29) is 27.6 Å². The van der Waals surface area contributed by atoms with Crippen LogP contribution < -0.4 is 26.8 Å². The Morgan fingerprint density at radius 3 is 2.24 bits per heavy atom. The van der Waals surface area contributed by atoms with E-state index in [1.807, 2.05) is 40.7 Å². The zero-order valence-corrected chi connectivity index (χ0v) is 20.9. The number of furan rings is 1. The summed E-state index contributed by atoms with van der Waals surface area (Å²) in [5, 5.41) is 8.71. The van der Waals surface area contributed by atoms with E-state index >= 15 is 0 Å². The van der Waals surface area contributed by atoms with Gasteiger partial charge in [0.2, 0.25) is 0 Å². The molecule has 7 nitrogen and oxygen atoms in total. The molecule has 1 amide bonds. The van der Waals surface area contributed by atoms with Crippen molar-refractivity contribution in [2.24, 2.45) is 5.41 Å². The Balaban J connectivity index is 1.78. The number of fused-ring (bicyclic) bond motifs is 1. The molecule has 1 aromatic heterocycles. The average molecular weight is 488 g/mol. The second-order valence-corrected chi connectivity index (χ2v) is 10.8. The van der Waals surface area contributed by atoms with Crippen LogP contribution in [0, 0.1) is 25.1 Å². The summed E-state index contributed by atoms with van der Waals surface area (Å²) >= 11 is 6.25. The van der Waals surface area contributed by atoms with E-state index in [0.29, 0.717) is 11.3 Å². The maximum Gasteiger partial charge on any atom is 0.254 e. The fourth-order valence-corrected chi connectivity index (χ4v) is 4.79. The molecule has 1 aliphatic rings. The molecule has 9 heteroatoms. The number of hydrogen-bond donors (Lipinski definition) is 3. The third-order valence-electron chi connectivity index (χ3n) is 6.29. The number of aryl methyl sites for hydroxylation is 2. The first kappa shape index (κ1) is 24.0. The molecule has 0 saturated carbocycles. The zero-order valence-electron chi connectivity index (χ0n) is 20.1. The second-order valence-electron chi connectivity index (χ2n) is 10.4. The van der Waals surface area contributed by atoms with Gasteiger partial charge in [0.05, 0.1) is 22.8 Å². The van der Waals surface area contributed by atoms with Gasteiger partial charge in [0, 0.05) is 10.6 Å². The van der Waals surface area contributed by atoms with Gasteiger partial charge in [-0.2, -0.15) is 0 Å². The normalized spacial score (nSPS) is 15.9. The average Bonchev–Trinajstić information content (AvgIpc) is 3.16. The molecule has 1 unspecified atom stereocenters. The number of amides is 1. The van der Waals surface area contributed by atoms with Crippen molar-refractivity contribution in [2.75, 3.05) is 10.6 Å². The number of nitrogens with one attached hydrogen (secondary N) is 3. The lowest BCUT2D eigenvalue weighted by Gasteiger charge is -2.31. The quantitative estimate of drug-likeness (QED) is 0.427. The lowest BCUT2D eigenvalue weighted by molar-refractivity contribution is 0.0940. The minimum atomic E-state index is -0.825. The van der Waals surface area contributed by atoms with E-state index < -0.39 is 39.6 Å². The van der Waals surface area contributed by atoms with Crippen LogP contribution in [0.3, 0.4) is 0 Å². The standard InChI is InChI=1S/C25H27ClFN3O4/c1-10-8-14(34-11(10)2)22(24(3,4)5)29-19-18(20(31)21(19)32)28-17-13(27)9-12(26)16-15(17)23(33)30-25(16,6)7/h8-9,22,28-29H,1-7H3,(H,30,33). The second kappa shape index (κ2) is 7.70. The number of hydrogen-bond acceptors (Lipinski definition) is 6. The molecule has 3 N–H and O–H groups in total. The van der Waals surface area contributed by atoms with E-state index in [9.17, 15) is 18.8 Å². The fourth-order valence-electron chi connectivity index (χ4n) is 4.36. The van der Waals surface area contributed by atoms with Crippen molar-refractivity contribution in [3.05, 3.63) is 71.6 Å². The minimum Gasteiger partial charge on any atom is -0.464 e. The number of carbonyl (C=O) groups is 1. The maximum absolute atomic E-state index is 15.0. The molecule has 0 saturated heterocycles. The molecule has 0 bridgehead atoms. The van der Waals surface area contributed by atoms with Crippen LogP contribution in [0.2, 0.25) is 5.02 Å². The number of anilines is 3. The topological polar surface area (TPSA) is 100 Å². The molecule has 2 heterocycles. The van der Waals surface area contributed by atoms with Crippen LogP contribution in [0.5, 0.6) is 0 Å².